The van der Waals surface area contributed by atoms with E-state index in [0.717, 1.165) is 11.1 Å². The molecule has 3 rings (SSSR count). The highest BCUT2D eigenvalue weighted by Crippen LogP contribution is 2.25. The molecule has 138 valence electrons. The molecule has 2 aromatic rings. The first kappa shape index (κ1) is 18.5. The lowest BCUT2D eigenvalue weighted by atomic mass is 9.99. The quantitative estimate of drug-likeness (QED) is 0.862. The molecule has 1 aliphatic rings. The molecular formula is C18H19ClN2O4S. The SMILES string of the molecule is COC(=O)N1CCc2ccc(NS(=O)(=O)Cc3ccccc3Cl)cc2C1. The Kier molecular flexibility index (Phi) is 5.38. The van der Waals surface area contributed by atoms with Crippen molar-refractivity contribution in [3.05, 3.63) is 64.2 Å². The first-order valence-electron chi connectivity index (χ1n) is 8.06. The Balaban J connectivity index is 1.76. The number of sulfonamides is 1. The van der Waals surface area contributed by atoms with Gasteiger partial charge in [-0.15, -0.1) is 0 Å². The van der Waals surface area contributed by atoms with E-state index < -0.39 is 10.0 Å². The van der Waals surface area contributed by atoms with Crippen molar-refractivity contribution in [1.82, 2.24) is 4.90 Å². The van der Waals surface area contributed by atoms with Crippen LogP contribution in [0.4, 0.5) is 10.5 Å². The number of hydrogen-bond donors (Lipinski definition) is 1. The molecule has 1 N–H and O–H groups in total. The molecule has 0 aliphatic carbocycles. The van der Waals surface area contributed by atoms with Crippen molar-refractivity contribution in [2.75, 3.05) is 18.4 Å². The molecule has 0 unspecified atom stereocenters. The van der Waals surface area contributed by atoms with Gasteiger partial charge in [0.05, 0.1) is 12.9 Å². The van der Waals surface area contributed by atoms with Crippen molar-refractivity contribution in [2.24, 2.45) is 0 Å². The molecule has 26 heavy (non-hydrogen) atoms. The van der Waals surface area contributed by atoms with Crippen molar-refractivity contribution in [3.8, 4) is 0 Å². The second kappa shape index (κ2) is 7.55. The Morgan fingerprint density at radius 3 is 2.73 bits per heavy atom. The highest BCUT2D eigenvalue weighted by Gasteiger charge is 2.22. The average molecular weight is 395 g/mol. The topological polar surface area (TPSA) is 75.7 Å². The molecule has 1 aliphatic heterocycles. The second-order valence-corrected chi connectivity index (χ2v) is 8.21. The zero-order chi connectivity index (χ0) is 18.7. The van der Waals surface area contributed by atoms with E-state index in [1.807, 2.05) is 6.07 Å². The number of rotatable bonds is 4. The number of fused-ring (bicyclic) bond motifs is 1. The van der Waals surface area contributed by atoms with Gasteiger partial charge >= 0.3 is 6.09 Å². The normalized spacial score (nSPS) is 13.8. The van der Waals surface area contributed by atoms with Gasteiger partial charge < -0.3 is 9.64 Å². The predicted octanol–water partition coefficient (Wildman–Crippen LogP) is 3.41. The van der Waals surface area contributed by atoms with Gasteiger partial charge in [0, 0.05) is 23.8 Å². The van der Waals surface area contributed by atoms with E-state index in [2.05, 4.69) is 4.72 Å². The van der Waals surface area contributed by atoms with Gasteiger partial charge in [-0.3, -0.25) is 4.72 Å². The van der Waals surface area contributed by atoms with E-state index in [9.17, 15) is 13.2 Å². The fraction of sp³-hybridized carbons (Fsp3) is 0.278. The number of amides is 1. The Morgan fingerprint density at radius 1 is 1.23 bits per heavy atom. The fourth-order valence-corrected chi connectivity index (χ4v) is 4.44. The van der Waals surface area contributed by atoms with Crippen LogP contribution in [0, 0.1) is 0 Å². The van der Waals surface area contributed by atoms with Gasteiger partial charge in [-0.05, 0) is 41.3 Å². The summed E-state index contributed by atoms with van der Waals surface area (Å²) >= 11 is 6.05. The van der Waals surface area contributed by atoms with Crippen LogP contribution in [0.5, 0.6) is 0 Å². The van der Waals surface area contributed by atoms with Gasteiger partial charge in [0.15, 0.2) is 0 Å². The molecule has 0 radical (unpaired) electrons. The van der Waals surface area contributed by atoms with Gasteiger partial charge in [0.1, 0.15) is 0 Å². The van der Waals surface area contributed by atoms with Crippen molar-refractivity contribution >= 4 is 33.4 Å². The fourth-order valence-electron chi connectivity index (χ4n) is 2.94. The molecule has 0 atom stereocenters. The van der Waals surface area contributed by atoms with E-state index in [4.69, 9.17) is 16.3 Å². The van der Waals surface area contributed by atoms with Gasteiger partial charge in [-0.25, -0.2) is 13.2 Å². The van der Waals surface area contributed by atoms with Crippen molar-refractivity contribution in [2.45, 2.75) is 18.7 Å². The lowest BCUT2D eigenvalue weighted by molar-refractivity contribution is 0.118. The average Bonchev–Trinajstić information content (AvgIpc) is 2.62. The summed E-state index contributed by atoms with van der Waals surface area (Å²) in [6, 6.07) is 12.2. The Morgan fingerprint density at radius 2 is 2.00 bits per heavy atom. The summed E-state index contributed by atoms with van der Waals surface area (Å²) < 4.78 is 32.2. The van der Waals surface area contributed by atoms with Crippen LogP contribution in [-0.2, 0) is 33.5 Å². The molecule has 0 bridgehead atoms. The lowest BCUT2D eigenvalue weighted by Gasteiger charge is -2.28. The van der Waals surface area contributed by atoms with Crippen LogP contribution in [0.25, 0.3) is 0 Å². The molecule has 0 saturated carbocycles. The first-order valence-corrected chi connectivity index (χ1v) is 10.1. The number of carbonyl (C=O) groups excluding carboxylic acids is 1. The Hall–Kier alpha value is -2.25. The zero-order valence-corrected chi connectivity index (χ0v) is 15.8. The third-order valence-electron chi connectivity index (χ3n) is 4.23. The summed E-state index contributed by atoms with van der Waals surface area (Å²) in [6.45, 7) is 0.972. The summed E-state index contributed by atoms with van der Waals surface area (Å²) in [5.41, 5.74) is 3.00. The number of carbonyl (C=O) groups is 1. The maximum atomic E-state index is 12.5. The number of halogens is 1. The molecule has 2 aromatic carbocycles. The van der Waals surface area contributed by atoms with Gasteiger partial charge in [-0.1, -0.05) is 35.9 Å². The smallest absolute Gasteiger partial charge is 0.409 e. The zero-order valence-electron chi connectivity index (χ0n) is 14.2. The molecule has 0 fully saturated rings. The minimum atomic E-state index is -3.61. The lowest BCUT2D eigenvalue weighted by Crippen LogP contribution is -2.35. The Labute approximate surface area is 157 Å². The molecule has 6 nitrogen and oxygen atoms in total. The van der Waals surface area contributed by atoms with Crippen LogP contribution >= 0.6 is 11.6 Å². The molecule has 0 aromatic heterocycles. The van der Waals surface area contributed by atoms with Crippen LogP contribution in [0.3, 0.4) is 0 Å². The summed E-state index contributed by atoms with van der Waals surface area (Å²) in [6.07, 6.45) is 0.317. The van der Waals surface area contributed by atoms with E-state index in [0.29, 0.717) is 35.8 Å². The number of anilines is 1. The predicted molar refractivity (Wildman–Crippen MR) is 101 cm³/mol. The number of methoxy groups -OCH3 is 1. The highest BCUT2D eigenvalue weighted by molar-refractivity contribution is 7.91. The van der Waals surface area contributed by atoms with E-state index in [1.54, 1.807) is 41.3 Å². The molecular weight excluding hydrogens is 376 g/mol. The van der Waals surface area contributed by atoms with Crippen molar-refractivity contribution < 1.29 is 17.9 Å². The third-order valence-corrected chi connectivity index (χ3v) is 5.83. The van der Waals surface area contributed by atoms with Crippen LogP contribution in [0.1, 0.15) is 16.7 Å². The van der Waals surface area contributed by atoms with Crippen LogP contribution in [-0.4, -0.2) is 33.1 Å². The molecule has 8 heteroatoms. The summed E-state index contributed by atoms with van der Waals surface area (Å²) in [5.74, 6) is -0.210. The van der Waals surface area contributed by atoms with Gasteiger partial charge in [0.25, 0.3) is 0 Å². The maximum absolute atomic E-state index is 12.5. The van der Waals surface area contributed by atoms with Crippen LogP contribution in [0.2, 0.25) is 5.02 Å². The van der Waals surface area contributed by atoms with Gasteiger partial charge in [0.2, 0.25) is 10.0 Å². The number of hydrogen-bond acceptors (Lipinski definition) is 4. The highest BCUT2D eigenvalue weighted by atomic mass is 35.5. The number of benzene rings is 2. The van der Waals surface area contributed by atoms with Crippen molar-refractivity contribution in [3.63, 3.8) is 0 Å². The largest absolute Gasteiger partial charge is 0.453 e. The summed E-state index contributed by atoms with van der Waals surface area (Å²) in [5, 5.41) is 0.414. The van der Waals surface area contributed by atoms with E-state index >= 15 is 0 Å². The minimum absolute atomic E-state index is 0.210. The van der Waals surface area contributed by atoms with E-state index in [-0.39, 0.29) is 11.8 Å². The first-order chi connectivity index (χ1) is 12.4. The van der Waals surface area contributed by atoms with E-state index in [1.165, 1.54) is 7.11 Å². The Bertz CT molecular complexity index is 931. The molecule has 0 spiro atoms. The summed E-state index contributed by atoms with van der Waals surface area (Å²) in [4.78, 5) is 13.3. The molecule has 1 heterocycles. The number of nitrogens with zero attached hydrogens (tertiary/aromatic N) is 1. The third kappa shape index (κ3) is 4.28. The number of ether oxygens (including phenoxy) is 1. The monoisotopic (exact) mass is 394 g/mol. The van der Waals surface area contributed by atoms with Crippen LogP contribution < -0.4 is 4.72 Å². The van der Waals surface area contributed by atoms with Crippen LogP contribution in [0.15, 0.2) is 42.5 Å². The maximum Gasteiger partial charge on any atom is 0.409 e. The summed E-state index contributed by atoms with van der Waals surface area (Å²) in [7, 11) is -2.27. The molecule has 0 saturated heterocycles. The standard InChI is InChI=1S/C18H19ClN2O4S/c1-25-18(22)21-9-8-13-6-7-16(10-15(13)11-21)20-26(23,24)12-14-4-2-3-5-17(14)19/h2-7,10,20H,8-9,11-12H2,1H3. The molecule has 1 amide bonds. The number of nitrogens with one attached hydrogen (secondary N) is 1. The minimum Gasteiger partial charge on any atom is -0.453 e. The van der Waals surface area contributed by atoms with Gasteiger partial charge in [-0.2, -0.15) is 0 Å². The van der Waals surface area contributed by atoms with Crippen molar-refractivity contribution in [1.29, 1.82) is 0 Å². The second-order valence-electron chi connectivity index (χ2n) is 6.08.